The normalized spacial score (nSPS) is 14.5. The number of aryl methyl sites for hydroxylation is 1. The van der Waals surface area contributed by atoms with Crippen molar-refractivity contribution in [1.82, 2.24) is 24.8 Å². The molecular weight excluding hydrogens is 387 g/mol. The van der Waals surface area contributed by atoms with Gasteiger partial charge >= 0.3 is 0 Å². The Morgan fingerprint density at radius 1 is 1.17 bits per heavy atom. The SMILES string of the molecule is CNC(=O)c1ccc(Nc2ncc(F)c(-c3cnc(C)n3C3CCOCC3)n2)cc1. The first-order valence-corrected chi connectivity index (χ1v) is 9.80. The Morgan fingerprint density at radius 3 is 2.60 bits per heavy atom. The number of hydrogen-bond acceptors (Lipinski definition) is 6. The van der Waals surface area contributed by atoms with Crippen molar-refractivity contribution < 1.29 is 13.9 Å². The molecule has 0 atom stereocenters. The third kappa shape index (κ3) is 4.02. The summed E-state index contributed by atoms with van der Waals surface area (Å²) in [5, 5.41) is 5.64. The molecule has 0 unspecified atom stereocenters. The maximum Gasteiger partial charge on any atom is 0.251 e. The van der Waals surface area contributed by atoms with Gasteiger partial charge in [0.25, 0.3) is 5.91 Å². The monoisotopic (exact) mass is 410 g/mol. The molecule has 2 aromatic heterocycles. The summed E-state index contributed by atoms with van der Waals surface area (Å²) in [5.74, 6) is 0.396. The Morgan fingerprint density at radius 2 is 1.90 bits per heavy atom. The summed E-state index contributed by atoms with van der Waals surface area (Å²) in [6.07, 6.45) is 4.50. The first-order chi connectivity index (χ1) is 14.6. The van der Waals surface area contributed by atoms with Crippen molar-refractivity contribution in [2.24, 2.45) is 0 Å². The molecule has 0 bridgehead atoms. The van der Waals surface area contributed by atoms with Crippen LogP contribution in [0, 0.1) is 12.7 Å². The Labute approximate surface area is 173 Å². The smallest absolute Gasteiger partial charge is 0.251 e. The van der Waals surface area contributed by atoms with Crippen molar-refractivity contribution >= 4 is 17.5 Å². The molecule has 1 amide bonds. The van der Waals surface area contributed by atoms with Gasteiger partial charge in [-0.25, -0.2) is 19.3 Å². The quantitative estimate of drug-likeness (QED) is 0.671. The van der Waals surface area contributed by atoms with Gasteiger partial charge in [0.15, 0.2) is 5.82 Å². The minimum Gasteiger partial charge on any atom is -0.381 e. The Balaban J connectivity index is 1.62. The van der Waals surface area contributed by atoms with Gasteiger partial charge < -0.3 is 19.9 Å². The number of carbonyl (C=O) groups is 1. The van der Waals surface area contributed by atoms with Gasteiger partial charge in [0, 0.05) is 37.6 Å². The van der Waals surface area contributed by atoms with Crippen molar-refractivity contribution in [3.8, 4) is 11.4 Å². The summed E-state index contributed by atoms with van der Waals surface area (Å²) in [4.78, 5) is 24.5. The minimum atomic E-state index is -0.510. The van der Waals surface area contributed by atoms with Crippen LogP contribution in [0.4, 0.5) is 16.0 Å². The maximum absolute atomic E-state index is 14.7. The van der Waals surface area contributed by atoms with Gasteiger partial charge in [-0.2, -0.15) is 0 Å². The van der Waals surface area contributed by atoms with Crippen molar-refractivity contribution in [2.45, 2.75) is 25.8 Å². The average Bonchev–Trinajstić information content (AvgIpc) is 3.16. The lowest BCUT2D eigenvalue weighted by Crippen LogP contribution is -2.21. The highest BCUT2D eigenvalue weighted by Gasteiger charge is 2.23. The molecule has 8 nitrogen and oxygen atoms in total. The number of hydrogen-bond donors (Lipinski definition) is 2. The lowest BCUT2D eigenvalue weighted by atomic mass is 10.1. The van der Waals surface area contributed by atoms with Crippen molar-refractivity contribution in [3.05, 3.63) is 53.9 Å². The molecule has 1 aliphatic heterocycles. The van der Waals surface area contributed by atoms with Crippen LogP contribution in [0.2, 0.25) is 0 Å². The van der Waals surface area contributed by atoms with E-state index < -0.39 is 5.82 Å². The lowest BCUT2D eigenvalue weighted by Gasteiger charge is -2.26. The number of halogens is 1. The van der Waals surface area contributed by atoms with Gasteiger partial charge in [0.05, 0.1) is 18.1 Å². The molecule has 0 radical (unpaired) electrons. The van der Waals surface area contributed by atoms with Crippen LogP contribution in [0.3, 0.4) is 0 Å². The predicted octanol–water partition coefficient (Wildman–Crippen LogP) is 3.24. The molecule has 3 aromatic rings. The third-order valence-electron chi connectivity index (χ3n) is 5.15. The van der Waals surface area contributed by atoms with Crippen molar-refractivity contribution in [1.29, 1.82) is 0 Å². The summed E-state index contributed by atoms with van der Waals surface area (Å²) < 4.78 is 22.2. The number of nitrogens with zero attached hydrogens (tertiary/aromatic N) is 4. The summed E-state index contributed by atoms with van der Waals surface area (Å²) >= 11 is 0. The van der Waals surface area contributed by atoms with E-state index in [1.54, 1.807) is 37.5 Å². The van der Waals surface area contributed by atoms with Crippen LogP contribution in [0.5, 0.6) is 0 Å². The molecule has 30 heavy (non-hydrogen) atoms. The van der Waals surface area contributed by atoms with Gasteiger partial charge in [-0.3, -0.25) is 4.79 Å². The van der Waals surface area contributed by atoms with Crippen LogP contribution in [0.25, 0.3) is 11.4 Å². The molecule has 4 rings (SSSR count). The first-order valence-electron chi connectivity index (χ1n) is 9.80. The Bertz CT molecular complexity index is 1040. The number of aromatic nitrogens is 4. The zero-order valence-corrected chi connectivity index (χ0v) is 16.9. The van der Waals surface area contributed by atoms with Gasteiger partial charge in [-0.15, -0.1) is 0 Å². The van der Waals surface area contributed by atoms with E-state index in [9.17, 15) is 9.18 Å². The zero-order chi connectivity index (χ0) is 21.1. The number of imidazole rings is 1. The molecule has 2 N–H and O–H groups in total. The number of anilines is 2. The first kappa shape index (κ1) is 20.0. The average molecular weight is 410 g/mol. The number of rotatable bonds is 5. The zero-order valence-electron chi connectivity index (χ0n) is 16.9. The summed E-state index contributed by atoms with van der Waals surface area (Å²) in [7, 11) is 1.58. The van der Waals surface area contributed by atoms with Gasteiger partial charge in [-0.05, 0) is 44.0 Å². The highest BCUT2D eigenvalue weighted by Crippen LogP contribution is 2.31. The highest BCUT2D eigenvalue weighted by molar-refractivity contribution is 5.94. The van der Waals surface area contributed by atoms with E-state index in [1.165, 1.54) is 0 Å². The van der Waals surface area contributed by atoms with E-state index in [0.717, 1.165) is 24.9 Å². The van der Waals surface area contributed by atoms with Gasteiger partial charge in [-0.1, -0.05) is 0 Å². The van der Waals surface area contributed by atoms with E-state index >= 15 is 0 Å². The topological polar surface area (TPSA) is 94.0 Å². The fourth-order valence-electron chi connectivity index (χ4n) is 3.62. The number of nitrogens with one attached hydrogen (secondary N) is 2. The molecule has 1 aromatic carbocycles. The largest absolute Gasteiger partial charge is 0.381 e. The number of benzene rings is 1. The van der Waals surface area contributed by atoms with E-state index in [1.807, 2.05) is 11.5 Å². The second-order valence-electron chi connectivity index (χ2n) is 7.08. The fraction of sp³-hybridized carbons (Fsp3) is 0.333. The number of carbonyl (C=O) groups excluding carboxylic acids is 1. The molecule has 0 spiro atoms. The van der Waals surface area contributed by atoms with E-state index in [4.69, 9.17) is 4.74 Å². The van der Waals surface area contributed by atoms with Crippen molar-refractivity contribution in [3.63, 3.8) is 0 Å². The van der Waals surface area contributed by atoms with Crippen LogP contribution >= 0.6 is 0 Å². The van der Waals surface area contributed by atoms with Gasteiger partial charge in [0.1, 0.15) is 11.5 Å². The van der Waals surface area contributed by atoms with Gasteiger partial charge in [0.2, 0.25) is 5.95 Å². The predicted molar refractivity (Wildman–Crippen MR) is 110 cm³/mol. The summed E-state index contributed by atoms with van der Waals surface area (Å²) in [6.45, 7) is 3.25. The lowest BCUT2D eigenvalue weighted by molar-refractivity contribution is 0.0694. The highest BCUT2D eigenvalue weighted by atomic mass is 19.1. The third-order valence-corrected chi connectivity index (χ3v) is 5.15. The maximum atomic E-state index is 14.7. The van der Waals surface area contributed by atoms with Crippen molar-refractivity contribution in [2.75, 3.05) is 25.6 Å². The molecule has 1 aliphatic rings. The number of ether oxygens (including phenoxy) is 1. The molecule has 1 saturated heterocycles. The number of amides is 1. The van der Waals surface area contributed by atoms with Crippen LogP contribution in [-0.4, -0.2) is 45.7 Å². The van der Waals surface area contributed by atoms with E-state index in [0.29, 0.717) is 30.2 Å². The van der Waals surface area contributed by atoms with E-state index in [-0.39, 0.29) is 23.6 Å². The Kier molecular flexibility index (Phi) is 5.71. The molecule has 0 saturated carbocycles. The van der Waals surface area contributed by atoms with Crippen LogP contribution in [0.1, 0.15) is 35.1 Å². The minimum absolute atomic E-state index is 0.168. The van der Waals surface area contributed by atoms with Crippen LogP contribution < -0.4 is 10.6 Å². The second-order valence-corrected chi connectivity index (χ2v) is 7.08. The van der Waals surface area contributed by atoms with Crippen LogP contribution in [0.15, 0.2) is 36.7 Å². The summed E-state index contributed by atoms with van der Waals surface area (Å²) in [6, 6.07) is 7.06. The fourth-order valence-corrected chi connectivity index (χ4v) is 3.62. The Hall–Kier alpha value is -3.33. The molecule has 0 aliphatic carbocycles. The molecule has 9 heteroatoms. The van der Waals surface area contributed by atoms with Crippen LogP contribution in [-0.2, 0) is 4.74 Å². The second kappa shape index (κ2) is 8.58. The molecule has 156 valence electrons. The molecular formula is C21H23FN6O2. The summed E-state index contributed by atoms with van der Waals surface area (Å²) in [5.41, 5.74) is 2.05. The van der Waals surface area contributed by atoms with E-state index in [2.05, 4.69) is 25.6 Å². The molecule has 1 fully saturated rings. The standard InChI is InChI=1S/C21H23FN6O2/c1-13-24-12-18(28(13)16-7-9-30-10-8-16)19-17(22)11-25-21(27-19)26-15-5-3-14(4-6-15)20(29)23-2/h3-6,11-12,16H,7-10H2,1-2H3,(H,23,29)(H,25,26,27). The molecule has 3 heterocycles.